The minimum absolute atomic E-state index is 0.121. The molecule has 0 aromatic heterocycles. The minimum atomic E-state index is -4.88. The number of aryl methyl sites for hydroxylation is 1. The van der Waals surface area contributed by atoms with Gasteiger partial charge in [0.25, 0.3) is 0 Å². The Morgan fingerprint density at radius 3 is 2.57 bits per heavy atom. The molecule has 0 radical (unpaired) electrons. The minimum Gasteiger partial charge on any atom is -0.478 e. The van der Waals surface area contributed by atoms with Crippen LogP contribution in [-0.2, 0) is 11.2 Å². The number of rotatable bonds is 3. The molecule has 1 aliphatic rings. The summed E-state index contributed by atoms with van der Waals surface area (Å²) in [6, 6.07) is 12.4. The molecule has 1 aliphatic heterocycles. The van der Waals surface area contributed by atoms with Crippen molar-refractivity contribution in [3.8, 4) is 17.6 Å². The van der Waals surface area contributed by atoms with Gasteiger partial charge in [0.1, 0.15) is 5.75 Å². The molecule has 3 nitrogen and oxygen atoms in total. The largest absolute Gasteiger partial charge is 0.478 e. The first-order valence-corrected chi connectivity index (χ1v) is 8.68. The van der Waals surface area contributed by atoms with E-state index in [1.165, 1.54) is 12.1 Å². The number of carboxylic acids is 1. The summed E-state index contributed by atoms with van der Waals surface area (Å²) >= 11 is 6.02. The predicted molar refractivity (Wildman–Crippen MR) is 99.2 cm³/mol. The Hall–Kier alpha value is -2.91. The molecular weight excluding hydrogens is 393 g/mol. The van der Waals surface area contributed by atoms with Crippen molar-refractivity contribution in [2.45, 2.75) is 25.1 Å². The first kappa shape index (κ1) is 19.8. The summed E-state index contributed by atoms with van der Waals surface area (Å²) < 4.78 is 44.8. The van der Waals surface area contributed by atoms with Gasteiger partial charge in [0, 0.05) is 17.0 Å². The Kier molecular flexibility index (Phi) is 5.66. The second-order valence-electron chi connectivity index (χ2n) is 6.10. The van der Waals surface area contributed by atoms with Crippen LogP contribution in [0.3, 0.4) is 0 Å². The van der Waals surface area contributed by atoms with Crippen molar-refractivity contribution in [1.29, 1.82) is 0 Å². The predicted octanol–water partition coefficient (Wildman–Crippen LogP) is 5.12. The summed E-state index contributed by atoms with van der Waals surface area (Å²) in [7, 11) is 0. The lowest BCUT2D eigenvalue weighted by molar-refractivity contribution is -0.187. The maximum atomic E-state index is 13.3. The van der Waals surface area contributed by atoms with Crippen molar-refractivity contribution in [2.24, 2.45) is 0 Å². The maximum Gasteiger partial charge on any atom is 0.430 e. The van der Waals surface area contributed by atoms with Gasteiger partial charge in [0.2, 0.25) is 6.10 Å². The lowest BCUT2D eigenvalue weighted by Gasteiger charge is -2.27. The van der Waals surface area contributed by atoms with Gasteiger partial charge in [-0.15, -0.1) is 0 Å². The maximum absolute atomic E-state index is 13.3. The molecule has 0 fully saturated rings. The summed E-state index contributed by atoms with van der Waals surface area (Å²) in [4.78, 5) is 11.2. The van der Waals surface area contributed by atoms with E-state index in [9.17, 15) is 18.0 Å². The Morgan fingerprint density at radius 2 is 1.93 bits per heavy atom. The molecule has 7 heteroatoms. The van der Waals surface area contributed by atoms with Gasteiger partial charge in [-0.2, -0.15) is 13.2 Å². The number of benzene rings is 2. The second kappa shape index (κ2) is 7.99. The topological polar surface area (TPSA) is 46.5 Å². The number of ether oxygens (including phenoxy) is 1. The lowest BCUT2D eigenvalue weighted by Crippen LogP contribution is -2.40. The van der Waals surface area contributed by atoms with Gasteiger partial charge in [-0.1, -0.05) is 53.8 Å². The van der Waals surface area contributed by atoms with Crippen LogP contribution in [0, 0.1) is 11.8 Å². The van der Waals surface area contributed by atoms with E-state index in [0.717, 1.165) is 11.6 Å². The number of hydrogen-bond donors (Lipinski definition) is 1. The molecule has 0 saturated carbocycles. The van der Waals surface area contributed by atoms with Gasteiger partial charge < -0.3 is 9.84 Å². The highest BCUT2D eigenvalue weighted by atomic mass is 35.5. The van der Waals surface area contributed by atoms with E-state index < -0.39 is 23.8 Å². The molecule has 0 spiro atoms. The van der Waals surface area contributed by atoms with Crippen molar-refractivity contribution in [1.82, 2.24) is 0 Å². The van der Waals surface area contributed by atoms with Crippen molar-refractivity contribution in [3.63, 3.8) is 0 Å². The molecule has 2 aromatic carbocycles. The van der Waals surface area contributed by atoms with Crippen molar-refractivity contribution >= 4 is 23.6 Å². The molecule has 1 heterocycles. The molecule has 1 atom stereocenters. The molecule has 0 amide bonds. The smallest absolute Gasteiger partial charge is 0.430 e. The van der Waals surface area contributed by atoms with Crippen LogP contribution in [0.15, 0.2) is 48.0 Å². The molecule has 28 heavy (non-hydrogen) atoms. The van der Waals surface area contributed by atoms with Gasteiger partial charge in [-0.3, -0.25) is 0 Å². The zero-order chi connectivity index (χ0) is 20.3. The van der Waals surface area contributed by atoms with Crippen molar-refractivity contribution in [2.75, 3.05) is 0 Å². The van der Waals surface area contributed by atoms with Crippen molar-refractivity contribution in [3.05, 3.63) is 69.8 Å². The monoisotopic (exact) mass is 406 g/mol. The van der Waals surface area contributed by atoms with Crippen LogP contribution < -0.4 is 4.74 Å². The van der Waals surface area contributed by atoms with Gasteiger partial charge in [-0.05, 0) is 30.2 Å². The van der Waals surface area contributed by atoms with E-state index in [1.807, 2.05) is 30.3 Å². The Balaban J connectivity index is 1.92. The number of alkyl halides is 3. The third-order valence-corrected chi connectivity index (χ3v) is 4.28. The van der Waals surface area contributed by atoms with Crippen LogP contribution in [0.1, 0.15) is 23.1 Å². The van der Waals surface area contributed by atoms with E-state index in [1.54, 1.807) is 0 Å². The number of fused-ring (bicyclic) bond motifs is 1. The fourth-order valence-electron chi connectivity index (χ4n) is 2.80. The summed E-state index contributed by atoms with van der Waals surface area (Å²) in [5.41, 5.74) is 0.529. The Bertz CT molecular complexity index is 986. The molecular formula is C21H14ClF3O3. The molecule has 1 unspecified atom stereocenters. The number of halogens is 4. The van der Waals surface area contributed by atoms with Crippen LogP contribution in [0.2, 0.25) is 5.02 Å². The number of hydrogen-bond acceptors (Lipinski definition) is 2. The summed E-state index contributed by atoms with van der Waals surface area (Å²) in [6.07, 6.45) is -5.33. The van der Waals surface area contributed by atoms with Crippen LogP contribution in [0.4, 0.5) is 13.2 Å². The molecule has 0 aliphatic carbocycles. The Labute approximate surface area is 164 Å². The van der Waals surface area contributed by atoms with E-state index in [4.69, 9.17) is 21.4 Å². The van der Waals surface area contributed by atoms with Gasteiger partial charge in [0.15, 0.2) is 0 Å². The van der Waals surface area contributed by atoms with Crippen LogP contribution in [-0.4, -0.2) is 23.4 Å². The summed E-state index contributed by atoms with van der Waals surface area (Å²) in [6.45, 7) is 0. The highest BCUT2D eigenvalue weighted by Crippen LogP contribution is 2.40. The van der Waals surface area contributed by atoms with Crippen LogP contribution in [0.25, 0.3) is 6.08 Å². The van der Waals surface area contributed by atoms with Crippen LogP contribution in [0.5, 0.6) is 5.75 Å². The van der Waals surface area contributed by atoms with E-state index >= 15 is 0 Å². The first-order valence-electron chi connectivity index (χ1n) is 8.30. The van der Waals surface area contributed by atoms with Crippen molar-refractivity contribution < 1.29 is 27.8 Å². The van der Waals surface area contributed by atoms with Gasteiger partial charge in [-0.25, -0.2) is 4.79 Å². The summed E-state index contributed by atoms with van der Waals surface area (Å²) in [5, 5.41) is 9.33. The average molecular weight is 407 g/mol. The standard InChI is InChI=1S/C21H14ClF3O3/c22-16-10-14(9-5-4-8-13-6-2-1-3-7-13)18-15(11-16)12-17(20(26)27)19(28-18)21(23,24)25/h1-3,6-7,10-12,19H,4,8H2,(H,26,27). The van der Waals surface area contributed by atoms with E-state index in [-0.39, 0.29) is 21.9 Å². The summed E-state index contributed by atoms with van der Waals surface area (Å²) in [5.74, 6) is 3.88. The lowest BCUT2D eigenvalue weighted by atomic mass is 9.98. The third-order valence-electron chi connectivity index (χ3n) is 4.06. The second-order valence-corrected chi connectivity index (χ2v) is 6.54. The zero-order valence-electron chi connectivity index (χ0n) is 14.4. The Morgan fingerprint density at radius 1 is 1.21 bits per heavy atom. The van der Waals surface area contributed by atoms with E-state index in [2.05, 4.69) is 11.8 Å². The number of carboxylic acid groups (broad SMARTS) is 1. The molecule has 0 saturated heterocycles. The highest BCUT2D eigenvalue weighted by Gasteiger charge is 2.48. The van der Waals surface area contributed by atoms with E-state index in [0.29, 0.717) is 12.8 Å². The van der Waals surface area contributed by atoms with Crippen LogP contribution >= 0.6 is 11.6 Å². The quantitative estimate of drug-likeness (QED) is 0.720. The third kappa shape index (κ3) is 4.49. The number of carbonyl (C=O) groups is 1. The highest BCUT2D eigenvalue weighted by molar-refractivity contribution is 6.31. The molecule has 2 aromatic rings. The number of aliphatic carboxylic acids is 1. The average Bonchev–Trinajstić information content (AvgIpc) is 2.64. The molecule has 0 bridgehead atoms. The normalized spacial score (nSPS) is 15.6. The molecule has 144 valence electrons. The molecule has 1 N–H and O–H groups in total. The fraction of sp³-hybridized carbons (Fsp3) is 0.190. The fourth-order valence-corrected chi connectivity index (χ4v) is 3.02. The van der Waals surface area contributed by atoms with Gasteiger partial charge >= 0.3 is 12.1 Å². The van der Waals surface area contributed by atoms with Gasteiger partial charge in [0.05, 0.1) is 11.1 Å². The molecule has 3 rings (SSSR count). The zero-order valence-corrected chi connectivity index (χ0v) is 15.1. The first-order chi connectivity index (χ1) is 13.3. The SMILES string of the molecule is O=C(O)C1=Cc2cc(Cl)cc(C#CCCc3ccccc3)c2OC1C(F)(F)F.